The minimum atomic E-state index is -0.669. The minimum absolute atomic E-state index is 0.0459. The largest absolute Gasteiger partial charge is 0.389 e. The number of rotatable bonds is 10. The molecule has 0 saturated carbocycles. The number of hydrogen-bond donors (Lipinski definition) is 2. The van der Waals surface area contributed by atoms with Crippen molar-refractivity contribution in [1.29, 1.82) is 0 Å². The van der Waals surface area contributed by atoms with Crippen molar-refractivity contribution in [3.8, 4) is 12.3 Å². The van der Waals surface area contributed by atoms with Gasteiger partial charge in [-0.15, -0.1) is 17.8 Å². The lowest BCUT2D eigenvalue weighted by Crippen LogP contribution is -2.43. The summed E-state index contributed by atoms with van der Waals surface area (Å²) in [6.45, 7) is 6.15. The number of hydrogen-bond acceptors (Lipinski definition) is 8. The molecule has 9 heteroatoms. The number of nitrogens with zero attached hydrogens (tertiary/aromatic N) is 3. The van der Waals surface area contributed by atoms with Gasteiger partial charge in [0.1, 0.15) is 17.3 Å². The summed E-state index contributed by atoms with van der Waals surface area (Å²) >= 11 is 1.66. The summed E-state index contributed by atoms with van der Waals surface area (Å²) in [6.07, 6.45) is 8.88. The standard InChI is InChI=1S/C23H32N4O4S/c1-2-11-31-16-17(28)14-27(8-7-26-9-12-30-13-10-26)15-20-24-22(29)21-18-5-3-4-6-19(18)32-23(21)25-20/h1,17,28H,3-16H2,(H,24,25,29)/t17-/m0/s1. The molecule has 0 radical (unpaired) electrons. The van der Waals surface area contributed by atoms with Crippen molar-refractivity contribution < 1.29 is 14.6 Å². The van der Waals surface area contributed by atoms with Crippen LogP contribution in [0.25, 0.3) is 10.2 Å². The molecule has 1 aliphatic heterocycles. The third kappa shape index (κ3) is 5.95. The highest BCUT2D eigenvalue weighted by Crippen LogP contribution is 2.33. The zero-order valence-electron chi connectivity index (χ0n) is 18.5. The van der Waals surface area contributed by atoms with Gasteiger partial charge in [0.15, 0.2) is 0 Å². The first-order valence-electron chi connectivity index (χ1n) is 11.4. The molecule has 1 atom stereocenters. The topological polar surface area (TPSA) is 90.9 Å². The SMILES string of the molecule is C#CCOC[C@@H](O)CN(CCN1CCOCC1)Cc1nc2sc3c(c2c(=O)[nH]1)CCCC3. The van der Waals surface area contributed by atoms with Crippen molar-refractivity contribution in [1.82, 2.24) is 19.8 Å². The third-order valence-electron chi connectivity index (χ3n) is 6.05. The van der Waals surface area contributed by atoms with E-state index in [0.29, 0.717) is 18.9 Å². The van der Waals surface area contributed by atoms with E-state index in [1.165, 1.54) is 16.9 Å². The first-order valence-corrected chi connectivity index (χ1v) is 12.2. The number of nitrogens with one attached hydrogen (secondary N) is 1. The van der Waals surface area contributed by atoms with Gasteiger partial charge in [-0.3, -0.25) is 14.6 Å². The van der Waals surface area contributed by atoms with Gasteiger partial charge in [-0.25, -0.2) is 4.98 Å². The smallest absolute Gasteiger partial charge is 0.259 e. The molecule has 0 amide bonds. The van der Waals surface area contributed by atoms with E-state index < -0.39 is 6.10 Å². The fourth-order valence-electron chi connectivity index (χ4n) is 4.44. The van der Waals surface area contributed by atoms with Gasteiger partial charge in [0.2, 0.25) is 0 Å². The van der Waals surface area contributed by atoms with Crippen LogP contribution in [0.15, 0.2) is 4.79 Å². The zero-order valence-corrected chi connectivity index (χ0v) is 19.3. The Kier molecular flexibility index (Phi) is 8.30. The van der Waals surface area contributed by atoms with Crippen LogP contribution in [0.4, 0.5) is 0 Å². The van der Waals surface area contributed by atoms with Crippen molar-refractivity contribution in [2.24, 2.45) is 0 Å². The Morgan fingerprint density at radius 3 is 2.97 bits per heavy atom. The molecule has 3 heterocycles. The quantitative estimate of drug-likeness (QED) is 0.404. The van der Waals surface area contributed by atoms with Crippen LogP contribution >= 0.6 is 11.3 Å². The zero-order chi connectivity index (χ0) is 22.3. The van der Waals surface area contributed by atoms with Crippen molar-refractivity contribution in [2.45, 2.75) is 38.3 Å². The molecule has 4 rings (SSSR count). The van der Waals surface area contributed by atoms with Gasteiger partial charge in [-0.1, -0.05) is 5.92 Å². The van der Waals surface area contributed by atoms with Crippen LogP contribution in [-0.2, 0) is 28.9 Å². The molecule has 174 valence electrons. The number of aromatic amines is 1. The van der Waals surface area contributed by atoms with E-state index in [9.17, 15) is 9.90 Å². The highest BCUT2D eigenvalue weighted by Gasteiger charge is 2.21. The lowest BCUT2D eigenvalue weighted by Gasteiger charge is -2.30. The molecule has 0 unspecified atom stereocenters. The summed E-state index contributed by atoms with van der Waals surface area (Å²) in [6, 6.07) is 0. The number of fused-ring (bicyclic) bond motifs is 3. The van der Waals surface area contributed by atoms with Crippen molar-refractivity contribution in [3.05, 3.63) is 26.6 Å². The molecule has 2 aromatic rings. The number of aromatic nitrogens is 2. The third-order valence-corrected chi connectivity index (χ3v) is 7.23. The first-order chi connectivity index (χ1) is 15.6. The molecule has 1 aliphatic carbocycles. The molecule has 2 aliphatic rings. The molecule has 2 aromatic heterocycles. The molecular formula is C23H32N4O4S. The molecule has 32 heavy (non-hydrogen) atoms. The van der Waals surface area contributed by atoms with Gasteiger partial charge in [0.25, 0.3) is 5.56 Å². The van der Waals surface area contributed by atoms with Crippen LogP contribution < -0.4 is 5.56 Å². The number of ether oxygens (including phenoxy) is 2. The second kappa shape index (κ2) is 11.4. The van der Waals surface area contributed by atoms with Crippen molar-refractivity contribution >= 4 is 21.6 Å². The lowest BCUT2D eigenvalue weighted by atomic mass is 9.97. The highest BCUT2D eigenvalue weighted by atomic mass is 32.1. The van der Waals surface area contributed by atoms with E-state index in [0.717, 1.165) is 68.9 Å². The Morgan fingerprint density at radius 2 is 2.16 bits per heavy atom. The van der Waals surface area contributed by atoms with E-state index in [1.807, 2.05) is 0 Å². The Labute approximate surface area is 192 Å². The second-order valence-corrected chi connectivity index (χ2v) is 9.55. The number of terminal acetylenes is 1. The van der Waals surface area contributed by atoms with Crippen LogP contribution in [0.5, 0.6) is 0 Å². The van der Waals surface area contributed by atoms with Gasteiger partial charge >= 0.3 is 0 Å². The molecular weight excluding hydrogens is 428 g/mol. The van der Waals surface area contributed by atoms with Crippen molar-refractivity contribution in [3.63, 3.8) is 0 Å². The van der Waals surface area contributed by atoms with Crippen LogP contribution in [-0.4, -0.2) is 90.1 Å². The number of aryl methyl sites for hydroxylation is 2. The Morgan fingerprint density at radius 1 is 1.34 bits per heavy atom. The molecule has 0 aromatic carbocycles. The van der Waals surface area contributed by atoms with Gasteiger partial charge in [0.05, 0.1) is 37.9 Å². The normalized spacial score (nSPS) is 18.0. The van der Waals surface area contributed by atoms with Crippen LogP contribution in [0.1, 0.15) is 29.1 Å². The van der Waals surface area contributed by atoms with E-state index in [4.69, 9.17) is 20.9 Å². The van der Waals surface area contributed by atoms with E-state index in [1.54, 1.807) is 11.3 Å². The molecule has 8 nitrogen and oxygen atoms in total. The number of H-pyrrole nitrogens is 1. The number of aliphatic hydroxyl groups is 1. The molecule has 1 saturated heterocycles. The fourth-order valence-corrected chi connectivity index (χ4v) is 5.72. The van der Waals surface area contributed by atoms with Crippen LogP contribution in [0, 0.1) is 12.3 Å². The van der Waals surface area contributed by atoms with E-state index in [-0.39, 0.29) is 18.8 Å². The maximum Gasteiger partial charge on any atom is 0.259 e. The molecule has 0 spiro atoms. The Bertz CT molecular complexity index is 992. The average molecular weight is 461 g/mol. The van der Waals surface area contributed by atoms with Crippen LogP contribution in [0.3, 0.4) is 0 Å². The van der Waals surface area contributed by atoms with Crippen LogP contribution in [0.2, 0.25) is 0 Å². The van der Waals surface area contributed by atoms with Gasteiger partial charge in [0, 0.05) is 37.6 Å². The summed E-state index contributed by atoms with van der Waals surface area (Å²) < 4.78 is 10.7. The maximum absolute atomic E-state index is 12.9. The minimum Gasteiger partial charge on any atom is -0.389 e. The van der Waals surface area contributed by atoms with Gasteiger partial charge in [-0.05, 0) is 31.2 Å². The fraction of sp³-hybridized carbons (Fsp3) is 0.652. The predicted octanol–water partition coefficient (Wildman–Crippen LogP) is 1.01. The highest BCUT2D eigenvalue weighted by molar-refractivity contribution is 7.18. The first kappa shape index (κ1) is 23.4. The summed E-state index contributed by atoms with van der Waals surface area (Å²) in [5.41, 5.74) is 1.15. The predicted molar refractivity (Wildman–Crippen MR) is 125 cm³/mol. The molecule has 2 N–H and O–H groups in total. The summed E-state index contributed by atoms with van der Waals surface area (Å²) in [5.74, 6) is 3.05. The Balaban J connectivity index is 1.47. The number of aliphatic hydroxyl groups excluding tert-OH is 1. The van der Waals surface area contributed by atoms with Gasteiger partial charge in [-0.2, -0.15) is 0 Å². The summed E-state index contributed by atoms with van der Waals surface area (Å²) in [4.78, 5) is 27.3. The summed E-state index contributed by atoms with van der Waals surface area (Å²) in [7, 11) is 0. The average Bonchev–Trinajstić information content (AvgIpc) is 3.17. The van der Waals surface area contributed by atoms with E-state index in [2.05, 4.69) is 20.7 Å². The van der Waals surface area contributed by atoms with Crippen molar-refractivity contribution in [2.75, 3.05) is 59.2 Å². The monoisotopic (exact) mass is 460 g/mol. The maximum atomic E-state index is 12.9. The molecule has 0 bridgehead atoms. The molecule has 1 fully saturated rings. The Hall–Kier alpha value is -1.80. The number of thiophene rings is 1. The number of morpholine rings is 1. The van der Waals surface area contributed by atoms with E-state index >= 15 is 0 Å². The lowest BCUT2D eigenvalue weighted by molar-refractivity contribution is 0.0132. The second-order valence-electron chi connectivity index (χ2n) is 8.47. The summed E-state index contributed by atoms with van der Waals surface area (Å²) in [5, 5.41) is 11.2. The van der Waals surface area contributed by atoms with Gasteiger partial charge < -0.3 is 19.6 Å².